The average Bonchev–Trinajstić information content (AvgIpc) is 2.33. The highest BCUT2D eigenvalue weighted by Gasteiger charge is 2.05. The summed E-state index contributed by atoms with van der Waals surface area (Å²) in [5.74, 6) is 2.08. The van der Waals surface area contributed by atoms with E-state index in [1.165, 1.54) is 4.90 Å². The maximum Gasteiger partial charge on any atom is 0.141 e. The van der Waals surface area contributed by atoms with Gasteiger partial charge in [-0.2, -0.15) is 0 Å². The lowest BCUT2D eigenvalue weighted by atomic mass is 10.2. The summed E-state index contributed by atoms with van der Waals surface area (Å²) in [6.07, 6.45) is 0. The molecule has 5 heteroatoms. The van der Waals surface area contributed by atoms with Crippen LogP contribution in [-0.4, -0.2) is 9.97 Å². The summed E-state index contributed by atoms with van der Waals surface area (Å²) in [6, 6.07) is 8.17. The normalized spacial score (nSPS) is 10.6. The maximum atomic E-state index is 5.85. The first-order chi connectivity index (χ1) is 8.56. The molecule has 94 valence electrons. The van der Waals surface area contributed by atoms with Gasteiger partial charge in [-0.3, -0.25) is 0 Å². The van der Waals surface area contributed by atoms with Crippen LogP contribution in [-0.2, 0) is 5.75 Å². The van der Waals surface area contributed by atoms with Crippen LogP contribution in [0.5, 0.6) is 0 Å². The van der Waals surface area contributed by atoms with Crippen molar-refractivity contribution in [2.75, 3.05) is 5.73 Å². The van der Waals surface area contributed by atoms with Crippen molar-refractivity contribution in [2.45, 2.75) is 24.5 Å². The molecule has 0 aliphatic carbocycles. The summed E-state index contributed by atoms with van der Waals surface area (Å²) in [5.41, 5.74) is 7.76. The molecule has 1 heterocycles. The van der Waals surface area contributed by atoms with Crippen LogP contribution in [0.2, 0.25) is 0 Å². The second-order valence-corrected chi connectivity index (χ2v) is 5.95. The second-order valence-electron chi connectivity index (χ2n) is 3.98. The maximum absolute atomic E-state index is 5.85. The van der Waals surface area contributed by atoms with E-state index in [9.17, 15) is 0 Å². The second kappa shape index (κ2) is 5.71. The Morgan fingerprint density at radius 1 is 1.28 bits per heavy atom. The number of rotatable bonds is 3. The van der Waals surface area contributed by atoms with Gasteiger partial charge in [-0.05, 0) is 32.0 Å². The fourth-order valence-electron chi connectivity index (χ4n) is 1.48. The van der Waals surface area contributed by atoms with Gasteiger partial charge >= 0.3 is 0 Å². The number of nitrogens with zero attached hydrogens (tertiary/aromatic N) is 2. The Morgan fingerprint density at radius 3 is 2.72 bits per heavy atom. The van der Waals surface area contributed by atoms with Crippen LogP contribution >= 0.6 is 27.7 Å². The van der Waals surface area contributed by atoms with Crippen molar-refractivity contribution < 1.29 is 0 Å². The molecule has 0 amide bonds. The van der Waals surface area contributed by atoms with Crippen molar-refractivity contribution in [1.82, 2.24) is 9.97 Å². The van der Waals surface area contributed by atoms with Crippen LogP contribution in [0.1, 0.15) is 17.1 Å². The third-order valence-corrected chi connectivity index (χ3v) is 4.12. The van der Waals surface area contributed by atoms with Crippen molar-refractivity contribution in [3.05, 3.63) is 45.8 Å². The summed E-state index contributed by atoms with van der Waals surface area (Å²) >= 11 is 5.16. The predicted molar refractivity (Wildman–Crippen MR) is 79.6 cm³/mol. The number of anilines is 1. The topological polar surface area (TPSA) is 51.8 Å². The van der Waals surface area contributed by atoms with Crippen molar-refractivity contribution in [3.63, 3.8) is 0 Å². The molecule has 18 heavy (non-hydrogen) atoms. The number of hydrogen-bond donors (Lipinski definition) is 1. The fourth-order valence-corrected chi connectivity index (χ4v) is 2.84. The number of aromatic nitrogens is 2. The Bertz CT molecular complexity index is 549. The van der Waals surface area contributed by atoms with Crippen molar-refractivity contribution in [2.24, 2.45) is 0 Å². The van der Waals surface area contributed by atoms with E-state index in [2.05, 4.69) is 38.0 Å². The minimum atomic E-state index is 0.576. The molecule has 0 aliphatic heterocycles. The van der Waals surface area contributed by atoms with Gasteiger partial charge in [-0.1, -0.05) is 22.0 Å². The van der Waals surface area contributed by atoms with E-state index < -0.39 is 0 Å². The number of nitrogen functional groups attached to an aromatic ring is 1. The van der Waals surface area contributed by atoms with Crippen LogP contribution in [0.25, 0.3) is 0 Å². The van der Waals surface area contributed by atoms with Gasteiger partial charge in [0.1, 0.15) is 11.6 Å². The molecule has 0 saturated carbocycles. The van der Waals surface area contributed by atoms with Crippen LogP contribution < -0.4 is 5.73 Å². The number of hydrogen-bond acceptors (Lipinski definition) is 4. The Morgan fingerprint density at radius 2 is 2.06 bits per heavy atom. The quantitative estimate of drug-likeness (QED) is 0.874. The van der Waals surface area contributed by atoms with E-state index in [4.69, 9.17) is 5.73 Å². The Balaban J connectivity index is 2.11. The number of aryl methyl sites for hydroxylation is 1. The number of halogens is 1. The van der Waals surface area contributed by atoms with E-state index in [0.717, 1.165) is 27.3 Å². The Kier molecular flexibility index (Phi) is 4.24. The molecule has 0 bridgehead atoms. The van der Waals surface area contributed by atoms with Gasteiger partial charge in [0.15, 0.2) is 0 Å². The Hall–Kier alpha value is -1.07. The number of thioether (sulfide) groups is 1. The molecule has 2 aromatic rings. The highest BCUT2D eigenvalue weighted by Crippen LogP contribution is 2.25. The molecule has 0 fully saturated rings. The summed E-state index contributed by atoms with van der Waals surface area (Å²) in [4.78, 5) is 9.94. The average molecular weight is 324 g/mol. The van der Waals surface area contributed by atoms with Gasteiger partial charge in [0, 0.05) is 20.6 Å². The predicted octanol–water partition coefficient (Wildman–Crippen LogP) is 3.73. The fraction of sp³-hybridized carbons (Fsp3) is 0.231. The molecule has 0 saturated heterocycles. The lowest BCUT2D eigenvalue weighted by Gasteiger charge is -2.06. The van der Waals surface area contributed by atoms with Crippen LogP contribution in [0, 0.1) is 13.8 Å². The van der Waals surface area contributed by atoms with E-state index in [1.807, 2.05) is 26.0 Å². The summed E-state index contributed by atoms with van der Waals surface area (Å²) < 4.78 is 1.08. The molecular weight excluding hydrogens is 310 g/mol. The van der Waals surface area contributed by atoms with E-state index >= 15 is 0 Å². The summed E-state index contributed by atoms with van der Waals surface area (Å²) in [5, 5.41) is 0. The smallest absolute Gasteiger partial charge is 0.141 e. The molecule has 0 unspecified atom stereocenters. The highest BCUT2D eigenvalue weighted by atomic mass is 79.9. The molecular formula is C13H14BrN3S. The van der Waals surface area contributed by atoms with Crippen LogP contribution in [0.15, 0.2) is 33.6 Å². The molecule has 0 atom stereocenters. The SMILES string of the molecule is Cc1nc(CSc2cccc(Br)c2)nc(N)c1C. The van der Waals surface area contributed by atoms with Crippen LogP contribution in [0.3, 0.4) is 0 Å². The summed E-state index contributed by atoms with van der Waals surface area (Å²) in [7, 11) is 0. The zero-order valence-corrected chi connectivity index (χ0v) is 12.7. The third kappa shape index (κ3) is 3.23. The van der Waals surface area contributed by atoms with Crippen molar-refractivity contribution in [3.8, 4) is 0 Å². The van der Waals surface area contributed by atoms with Crippen molar-refractivity contribution >= 4 is 33.5 Å². The van der Waals surface area contributed by atoms with Crippen LogP contribution in [0.4, 0.5) is 5.82 Å². The zero-order chi connectivity index (χ0) is 13.1. The first-order valence-electron chi connectivity index (χ1n) is 5.54. The van der Waals surface area contributed by atoms with Gasteiger partial charge in [0.05, 0.1) is 5.75 Å². The molecule has 0 spiro atoms. The number of nitrogens with two attached hydrogens (primary N) is 1. The van der Waals surface area contributed by atoms with Gasteiger partial charge in [0.2, 0.25) is 0 Å². The highest BCUT2D eigenvalue weighted by molar-refractivity contribution is 9.10. The lowest BCUT2D eigenvalue weighted by molar-refractivity contribution is 0.981. The van der Waals surface area contributed by atoms with Gasteiger partial charge in [-0.15, -0.1) is 11.8 Å². The Labute approximate surface area is 119 Å². The molecule has 1 aromatic carbocycles. The van der Waals surface area contributed by atoms with Crippen molar-refractivity contribution in [1.29, 1.82) is 0 Å². The molecule has 2 rings (SSSR count). The van der Waals surface area contributed by atoms with E-state index in [-0.39, 0.29) is 0 Å². The number of benzene rings is 1. The summed E-state index contributed by atoms with van der Waals surface area (Å²) in [6.45, 7) is 3.90. The third-order valence-electron chi connectivity index (χ3n) is 2.64. The van der Waals surface area contributed by atoms with Gasteiger partial charge < -0.3 is 5.73 Å². The van der Waals surface area contributed by atoms with Gasteiger partial charge in [-0.25, -0.2) is 9.97 Å². The first-order valence-corrected chi connectivity index (χ1v) is 7.32. The minimum absolute atomic E-state index is 0.576. The largest absolute Gasteiger partial charge is 0.383 e. The first kappa shape index (κ1) is 13.4. The molecule has 0 radical (unpaired) electrons. The molecule has 3 nitrogen and oxygen atoms in total. The monoisotopic (exact) mass is 323 g/mol. The standard InChI is InChI=1S/C13H14BrN3S/c1-8-9(2)16-12(17-13(8)15)7-18-11-5-3-4-10(14)6-11/h3-6H,7H2,1-2H3,(H2,15,16,17). The lowest BCUT2D eigenvalue weighted by Crippen LogP contribution is -2.03. The van der Waals surface area contributed by atoms with E-state index in [1.54, 1.807) is 11.8 Å². The minimum Gasteiger partial charge on any atom is -0.383 e. The molecule has 1 aromatic heterocycles. The molecule has 0 aliphatic rings. The van der Waals surface area contributed by atoms with Gasteiger partial charge in [0.25, 0.3) is 0 Å². The van der Waals surface area contributed by atoms with E-state index in [0.29, 0.717) is 5.82 Å². The molecule has 2 N–H and O–H groups in total. The zero-order valence-electron chi connectivity index (χ0n) is 10.3.